The minimum absolute atomic E-state index is 0.0642. The van der Waals surface area contributed by atoms with E-state index < -0.39 is 11.2 Å². The van der Waals surface area contributed by atoms with Crippen LogP contribution in [0.15, 0.2) is 40.3 Å². The van der Waals surface area contributed by atoms with Crippen molar-refractivity contribution in [1.29, 1.82) is 0 Å². The van der Waals surface area contributed by atoms with Crippen molar-refractivity contribution in [1.82, 2.24) is 9.55 Å². The maximum absolute atomic E-state index is 13.1. The number of hydrogen-bond acceptors (Lipinski definition) is 5. The Morgan fingerprint density at radius 1 is 1.23 bits per heavy atom. The van der Waals surface area contributed by atoms with Gasteiger partial charge < -0.3 is 5.73 Å². The zero-order valence-electron chi connectivity index (χ0n) is 15.1. The number of rotatable bonds is 5. The smallest absolute Gasteiger partial charge is 0.263 e. The molecule has 1 atom stereocenters. The molecule has 3 aromatic rings. The highest BCUT2D eigenvalue weighted by molar-refractivity contribution is 8.00. The summed E-state index contributed by atoms with van der Waals surface area (Å²) in [5.74, 6) is -0.454. The van der Waals surface area contributed by atoms with Crippen LogP contribution >= 0.6 is 23.1 Å². The summed E-state index contributed by atoms with van der Waals surface area (Å²) in [5, 5.41) is 0.583. The number of carbonyl (C=O) groups is 1. The van der Waals surface area contributed by atoms with Crippen LogP contribution in [0, 0.1) is 13.8 Å². The van der Waals surface area contributed by atoms with Crippen LogP contribution in [0.1, 0.15) is 41.1 Å². The standard InChI is InChI=1S/C19H21N3O2S2/c1-10(2)22-18(24)14-11(3)12(4)25-17(14)21-19(22)26-15(16(20)23)13-8-6-5-7-9-13/h5-10,15H,1-4H3,(H2,20,23). The van der Waals surface area contributed by atoms with Crippen LogP contribution in [0.25, 0.3) is 10.2 Å². The van der Waals surface area contributed by atoms with Crippen molar-refractivity contribution in [2.75, 3.05) is 0 Å². The molecule has 1 unspecified atom stereocenters. The second-order valence-corrected chi connectivity index (χ2v) is 8.71. The number of thioether (sulfide) groups is 1. The monoisotopic (exact) mass is 387 g/mol. The molecule has 0 aliphatic heterocycles. The predicted molar refractivity (Wildman–Crippen MR) is 108 cm³/mol. The first-order valence-corrected chi connectivity index (χ1v) is 10.0. The number of benzene rings is 1. The Morgan fingerprint density at radius 3 is 2.46 bits per heavy atom. The molecule has 26 heavy (non-hydrogen) atoms. The fourth-order valence-corrected chi connectivity index (χ4v) is 5.10. The first kappa shape index (κ1) is 18.7. The second-order valence-electron chi connectivity index (χ2n) is 6.44. The average Bonchev–Trinajstić information content (AvgIpc) is 2.87. The van der Waals surface area contributed by atoms with Gasteiger partial charge in [-0.3, -0.25) is 14.2 Å². The number of carbonyl (C=O) groups excluding carboxylic acids is 1. The fraction of sp³-hybridized carbons (Fsp3) is 0.316. The van der Waals surface area contributed by atoms with Gasteiger partial charge in [-0.05, 0) is 38.8 Å². The third-order valence-corrected chi connectivity index (χ3v) is 6.64. The molecule has 2 N–H and O–H groups in total. The summed E-state index contributed by atoms with van der Waals surface area (Å²) in [4.78, 5) is 31.7. The highest BCUT2D eigenvalue weighted by Crippen LogP contribution is 2.36. The first-order chi connectivity index (χ1) is 12.3. The van der Waals surface area contributed by atoms with Crippen LogP contribution < -0.4 is 11.3 Å². The molecule has 0 radical (unpaired) electrons. The van der Waals surface area contributed by atoms with E-state index in [1.54, 1.807) is 4.57 Å². The van der Waals surface area contributed by atoms with Crippen LogP contribution in [0.5, 0.6) is 0 Å². The number of nitrogens with zero attached hydrogens (tertiary/aromatic N) is 2. The molecular formula is C19H21N3O2S2. The Bertz CT molecular complexity index is 1020. The van der Waals surface area contributed by atoms with Gasteiger partial charge in [-0.1, -0.05) is 42.1 Å². The minimum Gasteiger partial charge on any atom is -0.368 e. The number of primary amides is 1. The molecule has 0 saturated carbocycles. The van der Waals surface area contributed by atoms with Gasteiger partial charge in [0, 0.05) is 10.9 Å². The third-order valence-electron chi connectivity index (χ3n) is 4.30. The van der Waals surface area contributed by atoms with Crippen molar-refractivity contribution in [2.45, 2.75) is 44.1 Å². The van der Waals surface area contributed by atoms with Gasteiger partial charge >= 0.3 is 0 Å². The number of nitrogens with two attached hydrogens (primary N) is 1. The van der Waals surface area contributed by atoms with Gasteiger partial charge in [0.2, 0.25) is 5.91 Å². The molecule has 1 aromatic carbocycles. The van der Waals surface area contributed by atoms with E-state index in [0.29, 0.717) is 15.4 Å². The fourth-order valence-electron chi connectivity index (χ4n) is 2.85. The number of hydrogen-bond donors (Lipinski definition) is 1. The van der Waals surface area contributed by atoms with E-state index in [4.69, 9.17) is 10.7 Å². The van der Waals surface area contributed by atoms with Gasteiger partial charge in [-0.15, -0.1) is 11.3 Å². The largest absolute Gasteiger partial charge is 0.368 e. The zero-order valence-corrected chi connectivity index (χ0v) is 16.8. The number of aromatic nitrogens is 2. The molecule has 3 rings (SSSR count). The highest BCUT2D eigenvalue weighted by Gasteiger charge is 2.25. The molecule has 2 aromatic heterocycles. The maximum Gasteiger partial charge on any atom is 0.263 e. The van der Waals surface area contributed by atoms with Gasteiger partial charge in [0.1, 0.15) is 10.1 Å². The Morgan fingerprint density at radius 2 is 1.88 bits per heavy atom. The predicted octanol–water partition coefficient (Wildman–Crippen LogP) is 3.97. The molecule has 0 fully saturated rings. The molecule has 7 heteroatoms. The van der Waals surface area contributed by atoms with Gasteiger partial charge in [-0.2, -0.15) is 0 Å². The summed E-state index contributed by atoms with van der Waals surface area (Å²) in [6.45, 7) is 7.82. The van der Waals surface area contributed by atoms with Crippen molar-refractivity contribution in [3.8, 4) is 0 Å². The Labute approximate surface area is 160 Å². The topological polar surface area (TPSA) is 78.0 Å². The van der Waals surface area contributed by atoms with E-state index in [0.717, 1.165) is 16.0 Å². The number of amides is 1. The van der Waals surface area contributed by atoms with E-state index in [9.17, 15) is 9.59 Å². The lowest BCUT2D eigenvalue weighted by molar-refractivity contribution is -0.117. The molecule has 5 nitrogen and oxygen atoms in total. The van der Waals surface area contributed by atoms with Gasteiger partial charge in [0.15, 0.2) is 5.16 Å². The summed E-state index contributed by atoms with van der Waals surface area (Å²) >= 11 is 2.74. The van der Waals surface area contributed by atoms with Crippen molar-refractivity contribution < 1.29 is 4.79 Å². The molecular weight excluding hydrogens is 366 g/mol. The van der Waals surface area contributed by atoms with E-state index in [2.05, 4.69) is 0 Å². The molecule has 1 amide bonds. The Balaban J connectivity index is 2.19. The maximum atomic E-state index is 13.1. The summed E-state index contributed by atoms with van der Waals surface area (Å²) in [5.41, 5.74) is 7.36. The van der Waals surface area contributed by atoms with Crippen molar-refractivity contribution in [2.24, 2.45) is 5.73 Å². The van der Waals surface area contributed by atoms with Crippen LogP contribution in [0.2, 0.25) is 0 Å². The molecule has 0 saturated heterocycles. The summed E-state index contributed by atoms with van der Waals surface area (Å²) < 4.78 is 1.66. The number of fused-ring (bicyclic) bond motifs is 1. The Hall–Kier alpha value is -2.12. The first-order valence-electron chi connectivity index (χ1n) is 8.34. The SMILES string of the molecule is Cc1sc2nc(SC(C(N)=O)c3ccccc3)n(C(C)C)c(=O)c2c1C. The van der Waals surface area contributed by atoms with Gasteiger partial charge in [0.05, 0.1) is 5.39 Å². The molecule has 2 heterocycles. The Kier molecular flexibility index (Phi) is 5.20. The lowest BCUT2D eigenvalue weighted by atomic mass is 10.1. The van der Waals surface area contributed by atoms with Crippen LogP contribution in [0.3, 0.4) is 0 Å². The minimum atomic E-state index is -0.604. The molecule has 0 bridgehead atoms. The number of thiophene rings is 1. The van der Waals surface area contributed by atoms with E-state index in [-0.39, 0.29) is 11.6 Å². The lowest BCUT2D eigenvalue weighted by Crippen LogP contribution is -2.26. The van der Waals surface area contributed by atoms with Crippen LogP contribution in [-0.4, -0.2) is 15.5 Å². The van der Waals surface area contributed by atoms with E-state index >= 15 is 0 Å². The third kappa shape index (κ3) is 3.29. The molecule has 0 spiro atoms. The quantitative estimate of drug-likeness (QED) is 0.531. The normalized spacial score (nSPS) is 12.7. The van der Waals surface area contributed by atoms with E-state index in [1.165, 1.54) is 23.1 Å². The number of aryl methyl sites for hydroxylation is 2. The van der Waals surface area contributed by atoms with Crippen molar-refractivity contribution >= 4 is 39.2 Å². The lowest BCUT2D eigenvalue weighted by Gasteiger charge is -2.19. The van der Waals surface area contributed by atoms with Crippen molar-refractivity contribution in [3.63, 3.8) is 0 Å². The second kappa shape index (κ2) is 7.25. The molecule has 136 valence electrons. The average molecular weight is 388 g/mol. The zero-order chi connectivity index (χ0) is 19.0. The summed E-state index contributed by atoms with van der Waals surface area (Å²) in [6, 6.07) is 9.26. The van der Waals surface area contributed by atoms with Gasteiger partial charge in [-0.25, -0.2) is 4.98 Å². The van der Waals surface area contributed by atoms with Gasteiger partial charge in [0.25, 0.3) is 5.56 Å². The van der Waals surface area contributed by atoms with E-state index in [1.807, 2.05) is 58.0 Å². The van der Waals surface area contributed by atoms with Crippen molar-refractivity contribution in [3.05, 3.63) is 56.7 Å². The van der Waals surface area contributed by atoms with Crippen LogP contribution in [0.4, 0.5) is 0 Å². The molecule has 0 aliphatic carbocycles. The highest BCUT2D eigenvalue weighted by atomic mass is 32.2. The summed E-state index contributed by atoms with van der Waals surface area (Å²) in [6.07, 6.45) is 0. The molecule has 0 aliphatic rings. The van der Waals surface area contributed by atoms with Crippen LogP contribution in [-0.2, 0) is 4.79 Å². The summed E-state index contributed by atoms with van der Waals surface area (Å²) in [7, 11) is 0.